The van der Waals surface area contributed by atoms with E-state index < -0.39 is 30.4 Å². The van der Waals surface area contributed by atoms with Crippen LogP contribution >= 0.6 is 0 Å². The molecule has 8 heteroatoms. The fourth-order valence-corrected chi connectivity index (χ4v) is 5.15. The summed E-state index contributed by atoms with van der Waals surface area (Å²) in [7, 11) is 0.803. The molecule has 0 spiro atoms. The number of anilines is 1. The van der Waals surface area contributed by atoms with Crippen LogP contribution in [0, 0.1) is 6.92 Å². The van der Waals surface area contributed by atoms with Gasteiger partial charge in [0.15, 0.2) is 0 Å². The Bertz CT molecular complexity index is 1370. The lowest BCUT2D eigenvalue weighted by Gasteiger charge is -2.32. The van der Waals surface area contributed by atoms with Crippen molar-refractivity contribution in [3.05, 3.63) is 82.9 Å². The van der Waals surface area contributed by atoms with Crippen molar-refractivity contribution in [3.8, 4) is 11.1 Å². The lowest BCUT2D eigenvalue weighted by molar-refractivity contribution is 0.00578. The molecule has 196 valence electrons. The summed E-state index contributed by atoms with van der Waals surface area (Å²) in [5.74, 6) is -1.17. The molecule has 1 N–H and O–H groups in total. The number of nitrogens with zero attached hydrogens (tertiary/aromatic N) is 1. The molecule has 0 radical (unpaired) electrons. The van der Waals surface area contributed by atoms with Crippen LogP contribution in [-0.2, 0) is 14.0 Å². The molecule has 2 aliphatic rings. The Hall–Kier alpha value is -3.62. The van der Waals surface area contributed by atoms with E-state index in [0.29, 0.717) is 16.7 Å². The molecule has 3 aromatic carbocycles. The molecule has 5 rings (SSSR count). The Morgan fingerprint density at radius 3 is 2.00 bits per heavy atom. The van der Waals surface area contributed by atoms with Gasteiger partial charge in [0.1, 0.15) is 6.61 Å². The van der Waals surface area contributed by atoms with Gasteiger partial charge in [0.25, 0.3) is 0 Å². The molecule has 7 nitrogen and oxygen atoms in total. The quantitative estimate of drug-likeness (QED) is 0.462. The van der Waals surface area contributed by atoms with Gasteiger partial charge in [0, 0.05) is 18.7 Å². The molecule has 1 aliphatic carbocycles. The van der Waals surface area contributed by atoms with Crippen LogP contribution in [0.4, 0.5) is 10.5 Å². The summed E-state index contributed by atoms with van der Waals surface area (Å²) in [5.41, 5.74) is 4.90. The van der Waals surface area contributed by atoms with Gasteiger partial charge in [0.05, 0.1) is 16.8 Å². The Balaban J connectivity index is 1.41. The number of amides is 1. The highest BCUT2D eigenvalue weighted by Gasteiger charge is 2.52. The lowest BCUT2D eigenvalue weighted by Crippen LogP contribution is -2.41. The maximum absolute atomic E-state index is 13.2. The van der Waals surface area contributed by atoms with E-state index in [1.165, 1.54) is 11.0 Å². The van der Waals surface area contributed by atoms with E-state index in [1.54, 1.807) is 20.0 Å². The maximum Gasteiger partial charge on any atom is 0.495 e. The number of carbonyl (C=O) groups is 2. The van der Waals surface area contributed by atoms with E-state index in [0.717, 1.165) is 22.3 Å². The first kappa shape index (κ1) is 26.0. The first-order valence-corrected chi connectivity index (χ1v) is 12.7. The highest BCUT2D eigenvalue weighted by Crippen LogP contribution is 2.44. The van der Waals surface area contributed by atoms with Gasteiger partial charge < -0.3 is 19.2 Å². The predicted molar refractivity (Wildman–Crippen MR) is 147 cm³/mol. The van der Waals surface area contributed by atoms with Crippen LogP contribution in [-0.4, -0.2) is 49.1 Å². The number of rotatable bonds is 5. The number of carboxylic acid groups (broad SMARTS) is 1. The molecule has 0 aromatic heterocycles. The number of hydrogen-bond acceptors (Lipinski definition) is 5. The van der Waals surface area contributed by atoms with E-state index in [1.807, 2.05) is 52.0 Å². The average Bonchev–Trinajstić information content (AvgIpc) is 3.31. The van der Waals surface area contributed by atoms with Crippen LogP contribution < -0.4 is 10.4 Å². The largest absolute Gasteiger partial charge is 0.495 e. The third-order valence-corrected chi connectivity index (χ3v) is 8.17. The molecular weight excluding hydrogens is 481 g/mol. The van der Waals surface area contributed by atoms with Crippen LogP contribution in [0.2, 0.25) is 0 Å². The van der Waals surface area contributed by atoms with Gasteiger partial charge in [-0.3, -0.25) is 4.90 Å². The van der Waals surface area contributed by atoms with Gasteiger partial charge in [-0.1, -0.05) is 48.5 Å². The fraction of sp³-hybridized carbons (Fsp3) is 0.333. The molecule has 0 saturated carbocycles. The second-order valence-electron chi connectivity index (χ2n) is 11.0. The van der Waals surface area contributed by atoms with E-state index in [4.69, 9.17) is 14.0 Å². The van der Waals surface area contributed by atoms with Gasteiger partial charge in [0.2, 0.25) is 0 Å². The van der Waals surface area contributed by atoms with Crippen molar-refractivity contribution in [1.82, 2.24) is 0 Å². The highest BCUT2D eigenvalue weighted by atomic mass is 16.7. The highest BCUT2D eigenvalue weighted by molar-refractivity contribution is 6.63. The Morgan fingerprint density at radius 2 is 1.47 bits per heavy atom. The second-order valence-corrected chi connectivity index (χ2v) is 11.0. The summed E-state index contributed by atoms with van der Waals surface area (Å²) in [6, 6.07) is 19.5. The minimum Gasteiger partial charge on any atom is -0.478 e. The van der Waals surface area contributed by atoms with E-state index in [-0.39, 0.29) is 18.1 Å². The molecular formula is C30H32BNO6. The van der Waals surface area contributed by atoms with Gasteiger partial charge in [-0.15, -0.1) is 0 Å². The van der Waals surface area contributed by atoms with Crippen molar-refractivity contribution in [2.45, 2.75) is 51.7 Å². The molecule has 1 saturated heterocycles. The minimum absolute atomic E-state index is 0.0745. The van der Waals surface area contributed by atoms with Crippen LogP contribution in [0.3, 0.4) is 0 Å². The van der Waals surface area contributed by atoms with Crippen molar-refractivity contribution in [2.75, 3.05) is 18.6 Å². The molecule has 1 fully saturated rings. The zero-order valence-corrected chi connectivity index (χ0v) is 22.6. The van der Waals surface area contributed by atoms with Crippen molar-refractivity contribution < 1.29 is 28.7 Å². The second kappa shape index (κ2) is 9.29. The summed E-state index contributed by atoms with van der Waals surface area (Å²) in [6.07, 6.45) is -0.577. The Labute approximate surface area is 223 Å². The van der Waals surface area contributed by atoms with Gasteiger partial charge in [-0.2, -0.15) is 0 Å². The number of hydrogen-bond donors (Lipinski definition) is 1. The van der Waals surface area contributed by atoms with Crippen molar-refractivity contribution >= 4 is 30.3 Å². The zero-order valence-electron chi connectivity index (χ0n) is 22.6. The summed E-state index contributed by atoms with van der Waals surface area (Å²) in [5, 5.41) is 9.90. The fourth-order valence-electron chi connectivity index (χ4n) is 5.15. The maximum atomic E-state index is 13.2. The predicted octanol–water partition coefficient (Wildman–Crippen LogP) is 5.38. The number of fused-ring (bicyclic) bond motifs is 3. The molecule has 1 amide bonds. The third-order valence-electron chi connectivity index (χ3n) is 8.17. The Morgan fingerprint density at radius 1 is 0.947 bits per heavy atom. The lowest BCUT2D eigenvalue weighted by atomic mass is 9.74. The van der Waals surface area contributed by atoms with Crippen LogP contribution in [0.15, 0.2) is 60.7 Å². The van der Waals surface area contributed by atoms with Crippen LogP contribution in [0.1, 0.15) is 60.7 Å². The monoisotopic (exact) mass is 513 g/mol. The molecule has 0 atom stereocenters. The Kier molecular flexibility index (Phi) is 6.36. The normalized spacial score (nSPS) is 17.2. The third kappa shape index (κ3) is 4.27. The minimum atomic E-state index is -1.09. The van der Waals surface area contributed by atoms with Crippen LogP contribution in [0.5, 0.6) is 0 Å². The number of benzene rings is 3. The molecule has 1 heterocycles. The molecule has 0 unspecified atom stereocenters. The van der Waals surface area contributed by atoms with E-state index in [9.17, 15) is 14.7 Å². The number of ether oxygens (including phenoxy) is 1. The van der Waals surface area contributed by atoms with E-state index >= 15 is 0 Å². The average molecular weight is 513 g/mol. The standard InChI is InChI=1S/C30H32BNO6/c1-18-24(27(33)34)15-19(16-26(18)31-37-29(2,3)30(4,5)38-31)32(6)28(35)36-17-25-22-13-9-7-11-20(22)21-12-8-10-14-23(21)25/h7-16,25H,17H2,1-6H3,(H,33,34). The number of aromatic carboxylic acids is 1. The summed E-state index contributed by atoms with van der Waals surface area (Å²) in [4.78, 5) is 26.7. The van der Waals surface area contributed by atoms with Crippen LogP contribution in [0.25, 0.3) is 11.1 Å². The molecule has 3 aromatic rings. The molecule has 1 aliphatic heterocycles. The van der Waals surface area contributed by atoms with Crippen molar-refractivity contribution in [1.29, 1.82) is 0 Å². The van der Waals surface area contributed by atoms with Gasteiger partial charge >= 0.3 is 19.2 Å². The van der Waals surface area contributed by atoms with Gasteiger partial charge in [-0.05, 0) is 80.0 Å². The summed E-state index contributed by atoms with van der Waals surface area (Å²) >= 11 is 0. The number of carboxylic acids is 1. The topological polar surface area (TPSA) is 85.3 Å². The van der Waals surface area contributed by atoms with Gasteiger partial charge in [-0.25, -0.2) is 9.59 Å². The number of carbonyl (C=O) groups excluding carboxylic acids is 1. The summed E-state index contributed by atoms with van der Waals surface area (Å²) in [6.45, 7) is 9.64. The molecule has 0 bridgehead atoms. The zero-order chi connectivity index (χ0) is 27.4. The van der Waals surface area contributed by atoms with Crippen molar-refractivity contribution in [2.24, 2.45) is 0 Å². The summed E-state index contributed by atoms with van der Waals surface area (Å²) < 4.78 is 18.2. The van der Waals surface area contributed by atoms with E-state index in [2.05, 4.69) is 24.3 Å². The first-order chi connectivity index (χ1) is 17.9. The molecule has 38 heavy (non-hydrogen) atoms. The SMILES string of the molecule is Cc1c(B2OC(C)(C)C(C)(C)O2)cc(N(C)C(=O)OCC2c3ccccc3-c3ccccc32)cc1C(=O)O. The smallest absolute Gasteiger partial charge is 0.478 e. The first-order valence-electron chi connectivity index (χ1n) is 12.7. The van der Waals surface area contributed by atoms with Crippen molar-refractivity contribution in [3.63, 3.8) is 0 Å².